The summed E-state index contributed by atoms with van der Waals surface area (Å²) in [4.78, 5) is 27.0. The van der Waals surface area contributed by atoms with Crippen LogP contribution in [0.15, 0.2) is 52.3 Å². The van der Waals surface area contributed by atoms with Gasteiger partial charge in [-0.1, -0.05) is 41.4 Å². The van der Waals surface area contributed by atoms with E-state index >= 15 is 0 Å². The summed E-state index contributed by atoms with van der Waals surface area (Å²) in [7, 11) is 1.61. The van der Waals surface area contributed by atoms with Gasteiger partial charge in [0.25, 0.3) is 5.56 Å². The lowest BCUT2D eigenvalue weighted by molar-refractivity contribution is 0.565. The highest BCUT2D eigenvalue weighted by atomic mass is 35.5. The molecule has 0 atom stereocenters. The molecule has 3 rings (SSSR count). The zero-order valence-electron chi connectivity index (χ0n) is 12.0. The molecule has 0 aliphatic carbocycles. The molecule has 0 aliphatic heterocycles. The molecule has 0 saturated heterocycles. The minimum absolute atomic E-state index is 0.00892. The highest BCUT2D eigenvalue weighted by Gasteiger charge is 2.18. The summed E-state index contributed by atoms with van der Waals surface area (Å²) < 4.78 is 1.42. The van der Waals surface area contributed by atoms with Gasteiger partial charge in [0.05, 0.1) is 5.52 Å². The molecule has 2 aromatic carbocycles. The van der Waals surface area contributed by atoms with E-state index in [2.05, 4.69) is 4.99 Å². The van der Waals surface area contributed by atoms with E-state index in [1.54, 1.807) is 49.5 Å². The van der Waals surface area contributed by atoms with Gasteiger partial charge in [0, 0.05) is 33.6 Å². The van der Waals surface area contributed by atoms with Crippen molar-refractivity contribution >= 4 is 45.9 Å². The third kappa shape index (κ3) is 2.57. The van der Waals surface area contributed by atoms with Crippen molar-refractivity contribution < 1.29 is 4.79 Å². The second-order valence-corrected chi connectivity index (χ2v) is 5.78. The van der Waals surface area contributed by atoms with E-state index in [9.17, 15) is 9.59 Å². The maximum absolute atomic E-state index is 12.6. The van der Waals surface area contributed by atoms with Crippen molar-refractivity contribution in [2.24, 2.45) is 12.0 Å². The number of halogens is 2. The second-order valence-electron chi connectivity index (χ2n) is 4.93. The quantitative estimate of drug-likeness (QED) is 0.508. The molecule has 0 aliphatic rings. The van der Waals surface area contributed by atoms with Gasteiger partial charge in [0.15, 0.2) is 5.69 Å². The Morgan fingerprint density at radius 1 is 1.13 bits per heavy atom. The van der Waals surface area contributed by atoms with Gasteiger partial charge < -0.3 is 4.57 Å². The Bertz CT molecular complexity index is 1030. The zero-order chi connectivity index (χ0) is 16.6. The Hall–Kier alpha value is -2.39. The molecule has 23 heavy (non-hydrogen) atoms. The molecule has 6 heteroatoms. The summed E-state index contributed by atoms with van der Waals surface area (Å²) in [6, 6.07) is 12.2. The third-order valence-electron chi connectivity index (χ3n) is 3.63. The fraction of sp³-hybridized carbons (Fsp3) is 0.0588. The predicted octanol–water partition coefficient (Wildman–Crippen LogP) is 4.48. The van der Waals surface area contributed by atoms with Crippen LogP contribution < -0.4 is 5.56 Å². The molecule has 0 unspecified atom stereocenters. The Kier molecular flexibility index (Phi) is 4.05. The Morgan fingerprint density at radius 2 is 1.87 bits per heavy atom. The number of benzene rings is 2. The molecule has 0 amide bonds. The van der Waals surface area contributed by atoms with E-state index in [-0.39, 0.29) is 5.69 Å². The van der Waals surface area contributed by atoms with Crippen molar-refractivity contribution in [1.29, 1.82) is 0 Å². The molecule has 0 spiro atoms. The largest absolute Gasteiger partial charge is 0.309 e. The molecule has 114 valence electrons. The summed E-state index contributed by atoms with van der Waals surface area (Å²) in [6.45, 7) is 0. The van der Waals surface area contributed by atoms with Crippen LogP contribution in [-0.4, -0.2) is 10.6 Å². The fourth-order valence-electron chi connectivity index (χ4n) is 2.59. The maximum atomic E-state index is 12.6. The van der Waals surface area contributed by atoms with E-state index in [0.717, 1.165) is 0 Å². The molecule has 0 bridgehead atoms. The number of aromatic nitrogens is 1. The van der Waals surface area contributed by atoms with Crippen molar-refractivity contribution in [2.45, 2.75) is 0 Å². The number of isocyanates is 1. The minimum Gasteiger partial charge on any atom is -0.309 e. The van der Waals surface area contributed by atoms with Gasteiger partial charge in [0.1, 0.15) is 0 Å². The molecule has 3 aromatic rings. The zero-order valence-corrected chi connectivity index (χ0v) is 13.5. The van der Waals surface area contributed by atoms with Crippen molar-refractivity contribution in [3.63, 3.8) is 0 Å². The number of aryl methyl sites for hydroxylation is 1. The first-order valence-electron chi connectivity index (χ1n) is 6.69. The van der Waals surface area contributed by atoms with Crippen molar-refractivity contribution in [1.82, 2.24) is 4.57 Å². The van der Waals surface area contributed by atoms with Gasteiger partial charge in [-0.15, -0.1) is 0 Å². The standard InChI is InChI=1S/C17H10Cl2N2O2/c1-21-14-7-6-10(18)8-12(14)15(16(17(21)23)20-9-22)11-4-2-3-5-13(11)19/h2-8H,1H3. The van der Waals surface area contributed by atoms with E-state index < -0.39 is 5.56 Å². The summed E-state index contributed by atoms with van der Waals surface area (Å²) in [6.07, 6.45) is 1.45. The van der Waals surface area contributed by atoms with E-state index in [1.807, 2.05) is 0 Å². The number of rotatable bonds is 2. The molecule has 0 radical (unpaired) electrons. The summed E-state index contributed by atoms with van der Waals surface area (Å²) in [5.41, 5.74) is 1.33. The Labute approximate surface area is 141 Å². The molecule has 1 heterocycles. The van der Waals surface area contributed by atoms with E-state index in [0.29, 0.717) is 32.1 Å². The van der Waals surface area contributed by atoms with E-state index in [1.165, 1.54) is 10.6 Å². The first-order chi connectivity index (χ1) is 11.0. The lowest BCUT2D eigenvalue weighted by atomic mass is 9.99. The normalized spacial score (nSPS) is 10.6. The van der Waals surface area contributed by atoms with Crippen LogP contribution in [0, 0.1) is 0 Å². The summed E-state index contributed by atoms with van der Waals surface area (Å²) >= 11 is 12.4. The molecule has 0 fully saturated rings. The van der Waals surface area contributed by atoms with Crippen molar-refractivity contribution in [2.75, 3.05) is 0 Å². The van der Waals surface area contributed by atoms with Gasteiger partial charge in [-0.25, -0.2) is 4.79 Å². The van der Waals surface area contributed by atoms with Gasteiger partial charge >= 0.3 is 0 Å². The van der Waals surface area contributed by atoms with Crippen LogP contribution in [0.3, 0.4) is 0 Å². The molecule has 0 saturated carbocycles. The summed E-state index contributed by atoms with van der Waals surface area (Å²) in [5.74, 6) is 0. The highest BCUT2D eigenvalue weighted by molar-refractivity contribution is 6.34. The van der Waals surface area contributed by atoms with Crippen molar-refractivity contribution in [3.8, 4) is 11.1 Å². The van der Waals surface area contributed by atoms with E-state index in [4.69, 9.17) is 23.2 Å². The number of carbonyl (C=O) groups excluding carboxylic acids is 1. The van der Waals surface area contributed by atoms with Crippen molar-refractivity contribution in [3.05, 3.63) is 62.9 Å². The maximum Gasteiger partial charge on any atom is 0.278 e. The van der Waals surface area contributed by atoms with Gasteiger partial charge in [-0.05, 0) is 24.3 Å². The smallest absolute Gasteiger partial charge is 0.278 e. The molecule has 0 N–H and O–H groups in total. The lowest BCUT2D eigenvalue weighted by Crippen LogP contribution is -2.17. The molecule has 4 nitrogen and oxygen atoms in total. The van der Waals surface area contributed by atoms with Crippen LogP contribution in [0.4, 0.5) is 5.69 Å². The van der Waals surface area contributed by atoms with Gasteiger partial charge in [-0.3, -0.25) is 4.79 Å². The van der Waals surface area contributed by atoms with Crippen LogP contribution >= 0.6 is 23.2 Å². The van der Waals surface area contributed by atoms with Gasteiger partial charge in [-0.2, -0.15) is 4.99 Å². The first-order valence-corrected chi connectivity index (χ1v) is 7.45. The van der Waals surface area contributed by atoms with Crippen LogP contribution in [0.2, 0.25) is 10.0 Å². The summed E-state index contributed by atoms with van der Waals surface area (Å²) in [5, 5.41) is 1.64. The predicted molar refractivity (Wildman–Crippen MR) is 92.4 cm³/mol. The van der Waals surface area contributed by atoms with Crippen LogP contribution in [0.1, 0.15) is 0 Å². The van der Waals surface area contributed by atoms with Crippen LogP contribution in [-0.2, 0) is 11.8 Å². The number of pyridine rings is 1. The molecular weight excluding hydrogens is 335 g/mol. The number of hydrogen-bond acceptors (Lipinski definition) is 3. The monoisotopic (exact) mass is 344 g/mol. The lowest BCUT2D eigenvalue weighted by Gasteiger charge is -2.14. The number of nitrogens with zero attached hydrogens (tertiary/aromatic N) is 2. The average molecular weight is 345 g/mol. The number of hydrogen-bond donors (Lipinski definition) is 0. The second kappa shape index (κ2) is 6.01. The van der Waals surface area contributed by atoms with Crippen LogP contribution in [0.25, 0.3) is 22.0 Å². The minimum atomic E-state index is -0.405. The average Bonchev–Trinajstić information content (AvgIpc) is 2.54. The van der Waals surface area contributed by atoms with Crippen LogP contribution in [0.5, 0.6) is 0 Å². The molecule has 1 aromatic heterocycles. The topological polar surface area (TPSA) is 51.4 Å². The third-order valence-corrected chi connectivity index (χ3v) is 4.20. The highest BCUT2D eigenvalue weighted by Crippen LogP contribution is 2.38. The first kappa shape index (κ1) is 15.5. The SMILES string of the molecule is Cn1c(=O)c(N=C=O)c(-c2ccccc2Cl)c2cc(Cl)ccc21. The molecular formula is C17H10Cl2N2O2. The number of fused-ring (bicyclic) bond motifs is 1. The Morgan fingerprint density at radius 3 is 2.57 bits per heavy atom. The Balaban J connectivity index is 2.62. The van der Waals surface area contributed by atoms with Gasteiger partial charge in [0.2, 0.25) is 6.08 Å². The fourth-order valence-corrected chi connectivity index (χ4v) is 2.99. The number of aliphatic imine (C=N–C) groups is 1.